The molecule has 2 N–H and O–H groups in total. The Labute approximate surface area is 193 Å². The summed E-state index contributed by atoms with van der Waals surface area (Å²) in [5.74, 6) is 0.854. The third-order valence-corrected chi connectivity index (χ3v) is 3.44. The number of benzene rings is 2. The highest BCUT2D eigenvalue weighted by molar-refractivity contribution is 7.95. The summed E-state index contributed by atoms with van der Waals surface area (Å²) in [6.45, 7) is 1.08. The average Bonchev–Trinajstić information content (AvgIpc) is 2.52. The largest absolute Gasteiger partial charge is 0.575 e. The van der Waals surface area contributed by atoms with Gasteiger partial charge in [-0.25, -0.2) is 0 Å². The summed E-state index contributed by atoms with van der Waals surface area (Å²) in [5, 5.41) is 19.6. The molecule has 156 valence electrons. The van der Waals surface area contributed by atoms with Crippen molar-refractivity contribution in [2.75, 3.05) is 0 Å². The highest BCUT2D eigenvalue weighted by Crippen LogP contribution is 2.31. The third-order valence-electron chi connectivity index (χ3n) is 2.38. The number of hydrogen-bond donors (Lipinski definition) is 2. The molecule has 2 aromatic carbocycles. The Morgan fingerprint density at radius 1 is 0.786 bits per heavy atom. The van der Waals surface area contributed by atoms with E-state index in [1.807, 2.05) is 0 Å². The Morgan fingerprint density at radius 3 is 1.29 bits per heavy atom. The van der Waals surface area contributed by atoms with Crippen molar-refractivity contribution in [1.29, 1.82) is 0 Å². The summed E-state index contributed by atoms with van der Waals surface area (Å²) in [7, 11) is 0. The zero-order chi connectivity index (χ0) is 21.9. The molecule has 2 unspecified atom stereocenters. The summed E-state index contributed by atoms with van der Waals surface area (Å²) in [6, 6.07) is 9.62. The quantitative estimate of drug-likeness (QED) is 0.315. The van der Waals surface area contributed by atoms with Crippen LogP contribution in [0.25, 0.3) is 0 Å². The summed E-state index contributed by atoms with van der Waals surface area (Å²) < 4.78 is 19.1. The molecule has 0 bridgehead atoms. The van der Waals surface area contributed by atoms with E-state index in [1.165, 1.54) is 13.8 Å². The maximum Gasteiger partial charge on any atom is 0.575 e. The maximum absolute atomic E-state index is 9.12. The monoisotopic (exact) mass is 529 g/mol. The molecule has 2 aromatic rings. The fourth-order valence-corrected chi connectivity index (χ4v) is 2.42. The predicted octanol–water partition coefficient (Wildman–Crippen LogP) is 7.54. The minimum Gasteiger partial charge on any atom is -0.464 e. The van der Waals surface area contributed by atoms with Crippen molar-refractivity contribution in [3.05, 3.63) is 56.5 Å². The average molecular weight is 532 g/mol. The van der Waals surface area contributed by atoms with Gasteiger partial charge in [0.1, 0.15) is 11.5 Å². The number of hydrogen-bond acceptors (Lipinski definition) is 5. The zero-order valence-corrected chi connectivity index (χ0v) is 19.9. The van der Waals surface area contributed by atoms with E-state index in [-0.39, 0.29) is 0 Å². The molecule has 0 spiro atoms. The van der Waals surface area contributed by atoms with Crippen LogP contribution in [0.5, 0.6) is 11.5 Å². The fraction of sp³-hybridized carbons (Fsp3) is 0.250. The molecule has 0 amide bonds. The number of halogens is 6. The second-order valence-electron chi connectivity index (χ2n) is 4.79. The summed E-state index contributed by atoms with van der Waals surface area (Å²) in [4.78, 5) is 0. The van der Waals surface area contributed by atoms with Crippen molar-refractivity contribution < 1.29 is 24.3 Å². The van der Waals surface area contributed by atoms with Crippen LogP contribution in [-0.2, 0) is 4.57 Å². The summed E-state index contributed by atoms with van der Waals surface area (Å²) in [5.41, 5.74) is 0. The smallest absolute Gasteiger partial charge is 0.464 e. The Bertz CT molecular complexity index is 699. The SMILES string of the molecule is CC(O)Oc1ccc(Cl)cc1Cl.CC(O)Oc1ccc(Cl)cc1Cl.O=[P+](Cl)Cl. The number of ether oxygens (including phenoxy) is 2. The topological polar surface area (TPSA) is 76.0 Å². The highest BCUT2D eigenvalue weighted by Gasteiger charge is 2.05. The van der Waals surface area contributed by atoms with Crippen LogP contribution in [0.2, 0.25) is 20.1 Å². The van der Waals surface area contributed by atoms with Gasteiger partial charge in [-0.2, -0.15) is 0 Å². The normalized spacial score (nSPS) is 11.8. The first-order chi connectivity index (χ1) is 12.9. The second kappa shape index (κ2) is 14.7. The van der Waals surface area contributed by atoms with Crippen LogP contribution >= 0.6 is 75.4 Å². The van der Waals surface area contributed by atoms with Gasteiger partial charge in [-0.3, -0.25) is 0 Å². The van der Waals surface area contributed by atoms with Gasteiger partial charge >= 0.3 is 6.51 Å². The molecular formula is C16H16Cl6O5P+. The van der Waals surface area contributed by atoms with Crippen LogP contribution in [0.1, 0.15) is 13.8 Å². The van der Waals surface area contributed by atoms with E-state index in [2.05, 4.69) is 22.5 Å². The molecule has 0 fully saturated rings. The number of aliphatic hydroxyl groups is 2. The molecule has 0 heterocycles. The van der Waals surface area contributed by atoms with E-state index >= 15 is 0 Å². The van der Waals surface area contributed by atoms with Crippen LogP contribution in [0, 0.1) is 0 Å². The van der Waals surface area contributed by atoms with Crippen LogP contribution < -0.4 is 9.47 Å². The van der Waals surface area contributed by atoms with Gasteiger partial charge in [0, 0.05) is 10.0 Å². The first-order valence-electron chi connectivity index (χ1n) is 7.30. The molecule has 0 aliphatic rings. The highest BCUT2D eigenvalue weighted by atomic mass is 35.9. The number of aliphatic hydroxyl groups excluding tert-OH is 2. The maximum atomic E-state index is 9.12. The van der Waals surface area contributed by atoms with E-state index in [0.717, 1.165) is 0 Å². The van der Waals surface area contributed by atoms with Gasteiger partial charge in [-0.15, -0.1) is 0 Å². The molecule has 0 saturated carbocycles. The first kappa shape index (κ1) is 27.8. The molecular weight excluding hydrogens is 516 g/mol. The van der Waals surface area contributed by atoms with Crippen LogP contribution in [0.4, 0.5) is 0 Å². The Morgan fingerprint density at radius 2 is 1.07 bits per heavy atom. The molecule has 0 saturated heterocycles. The molecule has 0 aliphatic heterocycles. The molecule has 0 aliphatic carbocycles. The lowest BCUT2D eigenvalue weighted by Gasteiger charge is -2.09. The molecule has 2 atom stereocenters. The minimum absolute atomic E-state index is 0.392. The lowest BCUT2D eigenvalue weighted by atomic mass is 10.3. The van der Waals surface area contributed by atoms with Gasteiger partial charge in [0.2, 0.25) is 22.5 Å². The van der Waals surface area contributed by atoms with Crippen LogP contribution in [0.3, 0.4) is 0 Å². The van der Waals surface area contributed by atoms with Gasteiger partial charge in [0.15, 0.2) is 12.6 Å². The van der Waals surface area contributed by atoms with Gasteiger partial charge in [-0.1, -0.05) is 46.4 Å². The lowest BCUT2D eigenvalue weighted by molar-refractivity contribution is -0.000798. The standard InChI is InChI=1S/2C8H8Cl2O2.Cl2OP/c2*1-5(11)12-8-3-2-6(9)4-7(8)10;1-4(2)3/h2*2-5,11H,1H3;/q;;+1. The minimum atomic E-state index is -1.93. The van der Waals surface area contributed by atoms with E-state index in [4.69, 9.17) is 70.7 Å². The van der Waals surface area contributed by atoms with E-state index in [9.17, 15) is 0 Å². The molecule has 0 aromatic heterocycles. The lowest BCUT2D eigenvalue weighted by Crippen LogP contribution is -2.09. The predicted molar refractivity (Wildman–Crippen MR) is 117 cm³/mol. The van der Waals surface area contributed by atoms with E-state index < -0.39 is 19.1 Å². The summed E-state index contributed by atoms with van der Waals surface area (Å²) in [6.07, 6.45) is -1.74. The molecule has 12 heteroatoms. The van der Waals surface area contributed by atoms with Gasteiger partial charge in [-0.05, 0) is 54.8 Å². The molecule has 2 rings (SSSR count). The van der Waals surface area contributed by atoms with Gasteiger partial charge in [0.25, 0.3) is 0 Å². The number of rotatable bonds is 4. The van der Waals surface area contributed by atoms with Crippen LogP contribution in [0.15, 0.2) is 36.4 Å². The zero-order valence-electron chi connectivity index (χ0n) is 14.5. The van der Waals surface area contributed by atoms with Crippen molar-refractivity contribution in [2.45, 2.75) is 26.4 Å². The van der Waals surface area contributed by atoms with Crippen molar-refractivity contribution in [3.8, 4) is 11.5 Å². The van der Waals surface area contributed by atoms with Crippen molar-refractivity contribution in [2.24, 2.45) is 0 Å². The first-order valence-corrected chi connectivity index (χ1v) is 11.9. The van der Waals surface area contributed by atoms with Gasteiger partial charge < -0.3 is 19.7 Å². The van der Waals surface area contributed by atoms with Crippen molar-refractivity contribution in [3.63, 3.8) is 0 Å². The molecule has 0 radical (unpaired) electrons. The molecule has 28 heavy (non-hydrogen) atoms. The Hall–Kier alpha value is -0.200. The Kier molecular flexibility index (Phi) is 14.6. The molecule has 5 nitrogen and oxygen atoms in total. The van der Waals surface area contributed by atoms with Crippen LogP contribution in [-0.4, -0.2) is 22.8 Å². The van der Waals surface area contributed by atoms with Gasteiger partial charge in [0.05, 0.1) is 10.0 Å². The summed E-state index contributed by atoms with van der Waals surface area (Å²) >= 11 is 31.9. The van der Waals surface area contributed by atoms with E-state index in [0.29, 0.717) is 31.6 Å². The Balaban J connectivity index is 0.000000439. The van der Waals surface area contributed by atoms with E-state index in [1.54, 1.807) is 36.4 Å². The fourth-order valence-electron chi connectivity index (χ4n) is 1.51. The second-order valence-corrected chi connectivity index (χ2v) is 9.24. The van der Waals surface area contributed by atoms with Crippen molar-refractivity contribution >= 4 is 75.4 Å². The van der Waals surface area contributed by atoms with Crippen molar-refractivity contribution in [1.82, 2.24) is 0 Å². The third kappa shape index (κ3) is 13.9.